The number of aromatic nitrogens is 2. The molecule has 2 heterocycles. The predicted octanol–water partition coefficient (Wildman–Crippen LogP) is 5.82. The van der Waals surface area contributed by atoms with Crippen LogP contribution in [0.5, 0.6) is 0 Å². The normalized spacial score (nSPS) is 15.7. The molecule has 0 bridgehead atoms. The maximum atomic E-state index is 11.2. The molecule has 0 saturated carbocycles. The van der Waals surface area contributed by atoms with Crippen LogP contribution in [0, 0.1) is 11.8 Å². The van der Waals surface area contributed by atoms with E-state index in [-0.39, 0.29) is 17.9 Å². The number of nitrogens with zero attached hydrogens (tertiary/aromatic N) is 2. The van der Waals surface area contributed by atoms with E-state index in [2.05, 4.69) is 50.5 Å². The van der Waals surface area contributed by atoms with Gasteiger partial charge in [-0.1, -0.05) is 58.1 Å². The van der Waals surface area contributed by atoms with E-state index >= 15 is 0 Å². The summed E-state index contributed by atoms with van der Waals surface area (Å²) in [5.74, 6) is 0.512. The van der Waals surface area contributed by atoms with Gasteiger partial charge in [0.25, 0.3) is 0 Å². The van der Waals surface area contributed by atoms with Gasteiger partial charge in [0, 0.05) is 35.8 Å². The zero-order chi connectivity index (χ0) is 24.4. The highest BCUT2D eigenvalue weighted by molar-refractivity contribution is 7.14. The van der Waals surface area contributed by atoms with Crippen molar-refractivity contribution in [1.82, 2.24) is 9.97 Å². The number of amides is 1. The number of methoxy groups -OCH3 is 2. The molecule has 178 valence electrons. The van der Waals surface area contributed by atoms with Gasteiger partial charge in [-0.3, -0.25) is 4.79 Å². The molecule has 2 rings (SSSR count). The molecule has 33 heavy (non-hydrogen) atoms. The molecule has 3 atom stereocenters. The molecule has 1 amide bonds. The zero-order valence-electron chi connectivity index (χ0n) is 20.0. The fourth-order valence-corrected chi connectivity index (χ4v) is 4.66. The second-order valence-corrected chi connectivity index (χ2v) is 9.70. The molecule has 2 aromatic heterocycles. The molecule has 6 nitrogen and oxygen atoms in total. The molecule has 2 N–H and O–H groups in total. The van der Waals surface area contributed by atoms with Crippen molar-refractivity contribution in [3.63, 3.8) is 0 Å². The Bertz CT molecular complexity index is 1020. The molecule has 0 aromatic carbocycles. The van der Waals surface area contributed by atoms with Crippen LogP contribution in [-0.4, -0.2) is 36.2 Å². The van der Waals surface area contributed by atoms with Crippen molar-refractivity contribution >= 4 is 34.7 Å². The number of allylic oxidation sites excluding steroid dienone is 4. The first-order valence-electron chi connectivity index (χ1n) is 10.8. The Kier molecular flexibility index (Phi) is 10.7. The molecule has 2 aromatic rings. The quantitative estimate of drug-likeness (QED) is 0.232. The Hall–Kier alpha value is -2.55. The average Bonchev–Trinajstić information content (AvgIpc) is 3.44. The SMILES string of the molecule is COC(=CC(N)=O)[C@H](C)[C@@H](C=Cc1csc(-c2csc(C(C)C=CC=CC(C)C)n2)n1)OC. The molecule has 0 radical (unpaired) electrons. The third-order valence-corrected chi connectivity index (χ3v) is 6.78. The average molecular weight is 488 g/mol. The van der Waals surface area contributed by atoms with Gasteiger partial charge in [-0.25, -0.2) is 9.97 Å². The highest BCUT2D eigenvalue weighted by atomic mass is 32.1. The standard InChI is InChI=1S/C25H33N3O3S2/c1-16(2)9-7-8-10-17(3)24-28-20(15-33-24)25-27-19(14-32-25)11-12-21(30-5)18(4)22(31-6)13-23(26)29/h7-18,21H,1-6H3,(H2,26,29)/t17?,18-,21-/m1/s1. The maximum Gasteiger partial charge on any atom is 0.244 e. The highest BCUT2D eigenvalue weighted by Gasteiger charge is 2.20. The van der Waals surface area contributed by atoms with E-state index < -0.39 is 5.91 Å². The second kappa shape index (κ2) is 13.2. The summed E-state index contributed by atoms with van der Waals surface area (Å²) in [4.78, 5) is 20.7. The predicted molar refractivity (Wildman–Crippen MR) is 138 cm³/mol. The molecule has 0 aliphatic rings. The lowest BCUT2D eigenvalue weighted by molar-refractivity contribution is -0.113. The van der Waals surface area contributed by atoms with Crippen molar-refractivity contribution in [2.45, 2.75) is 39.7 Å². The van der Waals surface area contributed by atoms with Gasteiger partial charge >= 0.3 is 0 Å². The summed E-state index contributed by atoms with van der Waals surface area (Å²) < 4.78 is 10.9. The van der Waals surface area contributed by atoms with E-state index in [1.807, 2.05) is 24.5 Å². The van der Waals surface area contributed by atoms with Crippen LogP contribution in [0.25, 0.3) is 16.8 Å². The molecule has 8 heteroatoms. The molecule has 0 saturated heterocycles. The van der Waals surface area contributed by atoms with E-state index in [1.54, 1.807) is 29.8 Å². The van der Waals surface area contributed by atoms with Gasteiger partial charge in [0.05, 0.1) is 23.9 Å². The molecular weight excluding hydrogens is 454 g/mol. The minimum Gasteiger partial charge on any atom is -0.501 e. The largest absolute Gasteiger partial charge is 0.501 e. The van der Waals surface area contributed by atoms with Gasteiger partial charge in [-0.15, -0.1) is 22.7 Å². The van der Waals surface area contributed by atoms with E-state index in [0.29, 0.717) is 11.7 Å². The third-order valence-electron chi connectivity index (χ3n) is 4.85. The number of carbonyl (C=O) groups excluding carboxylic acids is 1. The fourth-order valence-electron chi connectivity index (χ4n) is 3.00. The van der Waals surface area contributed by atoms with Gasteiger partial charge in [0.1, 0.15) is 16.5 Å². The molecular formula is C25H33N3O3S2. The lowest BCUT2D eigenvalue weighted by Crippen LogP contribution is -2.22. The summed E-state index contributed by atoms with van der Waals surface area (Å²) in [5.41, 5.74) is 6.97. The number of nitrogens with two attached hydrogens (primary N) is 1. The minimum absolute atomic E-state index is 0.187. The van der Waals surface area contributed by atoms with Gasteiger partial charge in [0.15, 0.2) is 0 Å². The van der Waals surface area contributed by atoms with E-state index in [4.69, 9.17) is 25.2 Å². The lowest BCUT2D eigenvalue weighted by atomic mass is 10.0. The Morgan fingerprint density at radius 1 is 1.03 bits per heavy atom. The Balaban J connectivity index is 2.09. The van der Waals surface area contributed by atoms with Gasteiger partial charge in [-0.05, 0) is 12.0 Å². The first-order valence-corrected chi connectivity index (χ1v) is 12.5. The highest BCUT2D eigenvalue weighted by Crippen LogP contribution is 2.29. The van der Waals surface area contributed by atoms with Crippen LogP contribution in [0.1, 0.15) is 44.3 Å². The lowest BCUT2D eigenvalue weighted by Gasteiger charge is -2.21. The van der Waals surface area contributed by atoms with Gasteiger partial charge in [-0.2, -0.15) is 0 Å². The second-order valence-electron chi connectivity index (χ2n) is 7.95. The Morgan fingerprint density at radius 2 is 1.76 bits per heavy atom. The topological polar surface area (TPSA) is 87.3 Å². The van der Waals surface area contributed by atoms with Gasteiger partial charge < -0.3 is 15.2 Å². The van der Waals surface area contributed by atoms with Crippen LogP contribution < -0.4 is 5.73 Å². The first kappa shape index (κ1) is 26.7. The first-order chi connectivity index (χ1) is 15.7. The number of rotatable bonds is 12. The molecule has 0 aliphatic carbocycles. The number of hydrogen-bond donors (Lipinski definition) is 1. The van der Waals surface area contributed by atoms with Crippen molar-refractivity contribution in [3.05, 3.63) is 63.7 Å². The van der Waals surface area contributed by atoms with Gasteiger partial charge in [0.2, 0.25) is 5.91 Å². The van der Waals surface area contributed by atoms with Crippen LogP contribution in [-0.2, 0) is 14.3 Å². The third kappa shape index (κ3) is 8.38. The van der Waals surface area contributed by atoms with E-state index in [0.717, 1.165) is 21.4 Å². The van der Waals surface area contributed by atoms with Crippen LogP contribution in [0.2, 0.25) is 0 Å². The molecule has 0 aliphatic heterocycles. The maximum absolute atomic E-state index is 11.2. The summed E-state index contributed by atoms with van der Waals surface area (Å²) in [5, 5.41) is 5.98. The summed E-state index contributed by atoms with van der Waals surface area (Å²) in [7, 11) is 3.12. The van der Waals surface area contributed by atoms with E-state index in [9.17, 15) is 4.79 Å². The van der Waals surface area contributed by atoms with E-state index in [1.165, 1.54) is 13.2 Å². The number of thiazole rings is 2. The number of hydrogen-bond acceptors (Lipinski definition) is 7. The van der Waals surface area contributed by atoms with Crippen LogP contribution in [0.15, 0.2) is 53.0 Å². The Morgan fingerprint density at radius 3 is 2.39 bits per heavy atom. The van der Waals surface area contributed by atoms with Crippen LogP contribution in [0.4, 0.5) is 0 Å². The Labute approximate surface area is 204 Å². The molecule has 0 fully saturated rings. The zero-order valence-corrected chi connectivity index (χ0v) is 21.7. The molecule has 0 spiro atoms. The number of primary amides is 1. The smallest absolute Gasteiger partial charge is 0.244 e. The van der Waals surface area contributed by atoms with Crippen LogP contribution >= 0.6 is 22.7 Å². The van der Waals surface area contributed by atoms with Crippen molar-refractivity contribution in [1.29, 1.82) is 0 Å². The van der Waals surface area contributed by atoms with Crippen molar-refractivity contribution in [2.24, 2.45) is 17.6 Å². The fraction of sp³-hybridized carbons (Fsp3) is 0.400. The summed E-state index contributed by atoms with van der Waals surface area (Å²) in [6.45, 7) is 8.37. The summed E-state index contributed by atoms with van der Waals surface area (Å²) >= 11 is 3.20. The summed E-state index contributed by atoms with van der Waals surface area (Å²) in [6, 6.07) is 0. The van der Waals surface area contributed by atoms with Crippen molar-refractivity contribution in [3.8, 4) is 10.7 Å². The number of ether oxygens (including phenoxy) is 2. The number of carbonyl (C=O) groups is 1. The minimum atomic E-state index is -0.555. The monoisotopic (exact) mass is 487 g/mol. The van der Waals surface area contributed by atoms with Crippen molar-refractivity contribution in [2.75, 3.05) is 14.2 Å². The van der Waals surface area contributed by atoms with Crippen molar-refractivity contribution < 1.29 is 14.3 Å². The summed E-state index contributed by atoms with van der Waals surface area (Å²) in [6.07, 6.45) is 13.3. The molecule has 1 unspecified atom stereocenters. The van der Waals surface area contributed by atoms with Crippen LogP contribution in [0.3, 0.4) is 0 Å².